The number of pyridine rings is 1. The van der Waals surface area contributed by atoms with Gasteiger partial charge in [0.2, 0.25) is 16.6 Å². The zero-order valence-electron chi connectivity index (χ0n) is 15.9. The van der Waals surface area contributed by atoms with Crippen molar-refractivity contribution in [2.45, 2.75) is 50.5 Å². The number of amides is 1. The Morgan fingerprint density at radius 2 is 1.67 bits per heavy atom. The van der Waals surface area contributed by atoms with Crippen LogP contribution in [0.15, 0.2) is 53.7 Å². The first-order valence-electron chi connectivity index (χ1n) is 9.21. The van der Waals surface area contributed by atoms with Crippen molar-refractivity contribution >= 4 is 15.9 Å². The summed E-state index contributed by atoms with van der Waals surface area (Å²) < 4.78 is 24.3. The van der Waals surface area contributed by atoms with Crippen LogP contribution in [0.3, 0.4) is 0 Å². The Morgan fingerprint density at radius 3 is 2.19 bits per heavy atom. The quantitative estimate of drug-likeness (QED) is 0.640. The van der Waals surface area contributed by atoms with Crippen molar-refractivity contribution in [2.75, 3.05) is 6.54 Å². The normalized spacial score (nSPS) is 11.6. The number of nitrogens with zero attached hydrogens (tertiary/aromatic N) is 1. The molecule has 27 heavy (non-hydrogen) atoms. The highest BCUT2D eigenvalue weighted by atomic mass is 32.2. The first-order chi connectivity index (χ1) is 12.8. The Bertz CT molecular complexity index is 843. The first-order valence-corrected chi connectivity index (χ1v) is 10.8. The van der Waals surface area contributed by atoms with Crippen molar-refractivity contribution in [3.05, 3.63) is 59.9 Å². The molecule has 1 heterocycles. The van der Waals surface area contributed by atoms with Gasteiger partial charge in [-0.25, -0.2) is 13.6 Å². The van der Waals surface area contributed by atoms with Gasteiger partial charge in [-0.3, -0.25) is 4.79 Å². The number of hydrogen-bond acceptors (Lipinski definition) is 3. The van der Waals surface area contributed by atoms with Gasteiger partial charge in [0.25, 0.3) is 5.91 Å². The molecule has 0 saturated carbocycles. The monoisotopic (exact) mass is 390 g/mol. The smallest absolute Gasteiger partial charge is 0.285 e. The molecule has 0 unspecified atom stereocenters. The summed E-state index contributed by atoms with van der Waals surface area (Å²) in [5.74, 6) is 0.505. The molecule has 1 amide bonds. The van der Waals surface area contributed by atoms with E-state index in [0.29, 0.717) is 18.9 Å². The predicted octanol–water partition coefficient (Wildman–Crippen LogP) is 1.88. The molecule has 6 nitrogen and oxygen atoms in total. The van der Waals surface area contributed by atoms with Gasteiger partial charge in [-0.15, -0.1) is 0 Å². The lowest BCUT2D eigenvalue weighted by Gasteiger charge is -2.11. The van der Waals surface area contributed by atoms with Gasteiger partial charge in [-0.1, -0.05) is 26.0 Å². The van der Waals surface area contributed by atoms with Gasteiger partial charge >= 0.3 is 0 Å². The van der Waals surface area contributed by atoms with Gasteiger partial charge in [0.05, 0.1) is 4.90 Å². The van der Waals surface area contributed by atoms with Crippen LogP contribution in [0.5, 0.6) is 0 Å². The molecular weight excluding hydrogens is 362 g/mol. The molecule has 7 heteroatoms. The van der Waals surface area contributed by atoms with Crippen LogP contribution in [-0.2, 0) is 27.8 Å². The fraction of sp³-hybridized carbons (Fsp3) is 0.400. The maximum atomic E-state index is 12.1. The molecule has 0 saturated heterocycles. The molecule has 1 aromatic heterocycles. The van der Waals surface area contributed by atoms with Crippen LogP contribution >= 0.6 is 0 Å². The van der Waals surface area contributed by atoms with E-state index in [1.807, 2.05) is 17.0 Å². The van der Waals surface area contributed by atoms with Crippen LogP contribution in [0, 0.1) is 0 Å². The van der Waals surface area contributed by atoms with Crippen molar-refractivity contribution in [1.82, 2.24) is 5.32 Å². The van der Waals surface area contributed by atoms with E-state index in [2.05, 4.69) is 31.3 Å². The fourth-order valence-corrected chi connectivity index (χ4v) is 3.54. The Balaban J connectivity index is 1.81. The van der Waals surface area contributed by atoms with E-state index in [-0.39, 0.29) is 17.3 Å². The summed E-state index contributed by atoms with van der Waals surface area (Å²) >= 11 is 0. The molecule has 0 aliphatic heterocycles. The van der Waals surface area contributed by atoms with Crippen molar-refractivity contribution in [2.24, 2.45) is 5.14 Å². The van der Waals surface area contributed by atoms with Crippen LogP contribution in [0.25, 0.3) is 0 Å². The lowest BCUT2D eigenvalue weighted by molar-refractivity contribution is -0.684. The maximum Gasteiger partial charge on any atom is 0.285 e. The molecule has 3 N–H and O–H groups in total. The number of benzene rings is 1. The molecular formula is C20H28N3O3S+. The SMILES string of the molecule is CCC(CC)c1cc[n+](CC(=O)NCCc2ccc(S(N)(=O)=O)cc2)cc1. The van der Waals surface area contributed by atoms with E-state index in [1.54, 1.807) is 12.1 Å². The van der Waals surface area contributed by atoms with Crippen molar-refractivity contribution in [3.63, 3.8) is 0 Å². The van der Waals surface area contributed by atoms with Gasteiger partial charge in [-0.2, -0.15) is 4.57 Å². The minimum absolute atomic E-state index is 0.0589. The van der Waals surface area contributed by atoms with E-state index in [1.165, 1.54) is 17.7 Å². The molecule has 0 bridgehead atoms. The van der Waals surface area contributed by atoms with Gasteiger partial charge in [-0.05, 0) is 48.4 Å². The summed E-state index contributed by atoms with van der Waals surface area (Å²) in [4.78, 5) is 12.2. The lowest BCUT2D eigenvalue weighted by atomic mass is 9.95. The molecule has 146 valence electrons. The van der Waals surface area contributed by atoms with E-state index >= 15 is 0 Å². The number of hydrogen-bond donors (Lipinski definition) is 2. The molecule has 0 fully saturated rings. The van der Waals surface area contributed by atoms with Crippen molar-refractivity contribution in [1.29, 1.82) is 0 Å². The number of nitrogens with one attached hydrogen (secondary N) is 1. The Kier molecular flexibility index (Phi) is 7.50. The molecule has 2 rings (SSSR count). The number of carbonyl (C=O) groups is 1. The van der Waals surface area contributed by atoms with Crippen LogP contribution in [0.4, 0.5) is 0 Å². The number of nitrogens with two attached hydrogens (primary N) is 1. The third kappa shape index (κ3) is 6.45. The van der Waals surface area contributed by atoms with Gasteiger partial charge in [0.1, 0.15) is 0 Å². The Labute approximate surface area is 161 Å². The number of rotatable bonds is 9. The standard InChI is InChI=1S/C20H27N3O3S/c1-3-17(4-2)18-10-13-23(14-11-18)15-20(24)22-12-9-16-5-7-19(8-6-16)27(21,25)26/h5-8,10-11,13-14,17H,3-4,9,12,15H2,1-2H3,(H2-,21,22,24,25,26)/p+1. The van der Waals surface area contributed by atoms with Crippen LogP contribution in [0.2, 0.25) is 0 Å². The zero-order chi connectivity index (χ0) is 19.9. The highest BCUT2D eigenvalue weighted by molar-refractivity contribution is 7.89. The first kappa shape index (κ1) is 21.1. The molecule has 0 aliphatic carbocycles. The second-order valence-corrected chi connectivity index (χ2v) is 8.17. The molecule has 0 aliphatic rings. The Morgan fingerprint density at radius 1 is 1.07 bits per heavy atom. The minimum atomic E-state index is -3.67. The van der Waals surface area contributed by atoms with Gasteiger partial charge < -0.3 is 5.32 Å². The molecule has 0 radical (unpaired) electrons. The molecule has 1 aromatic carbocycles. The second kappa shape index (κ2) is 9.62. The van der Waals surface area contributed by atoms with E-state index in [0.717, 1.165) is 18.4 Å². The summed E-state index contributed by atoms with van der Waals surface area (Å²) in [7, 11) is -3.67. The molecule has 0 atom stereocenters. The Hall–Kier alpha value is -2.25. The third-order valence-corrected chi connectivity index (χ3v) is 5.62. The van der Waals surface area contributed by atoms with Crippen molar-refractivity contribution < 1.29 is 17.8 Å². The van der Waals surface area contributed by atoms with Gasteiger partial charge in [0, 0.05) is 18.7 Å². The number of sulfonamides is 1. The minimum Gasteiger partial charge on any atom is -0.350 e. The maximum absolute atomic E-state index is 12.1. The number of primary sulfonamides is 1. The van der Waals surface area contributed by atoms with Crippen molar-refractivity contribution in [3.8, 4) is 0 Å². The average molecular weight is 391 g/mol. The average Bonchev–Trinajstić information content (AvgIpc) is 2.64. The van der Waals surface area contributed by atoms with E-state index < -0.39 is 10.0 Å². The third-order valence-electron chi connectivity index (χ3n) is 4.69. The summed E-state index contributed by atoms with van der Waals surface area (Å²) in [5.41, 5.74) is 2.24. The van der Waals surface area contributed by atoms with Crippen LogP contribution in [0.1, 0.15) is 43.7 Å². The zero-order valence-corrected chi connectivity index (χ0v) is 16.7. The second-order valence-electron chi connectivity index (χ2n) is 6.61. The number of carbonyl (C=O) groups excluding carboxylic acids is 1. The summed E-state index contributed by atoms with van der Waals surface area (Å²) in [5, 5.41) is 7.96. The predicted molar refractivity (Wildman–Crippen MR) is 104 cm³/mol. The summed E-state index contributed by atoms with van der Waals surface area (Å²) in [6.07, 6.45) is 6.73. The topological polar surface area (TPSA) is 93.1 Å². The summed E-state index contributed by atoms with van der Waals surface area (Å²) in [6, 6.07) is 10.5. The summed E-state index contributed by atoms with van der Waals surface area (Å²) in [6.45, 7) is 5.13. The van der Waals surface area contributed by atoms with Crippen LogP contribution < -0.4 is 15.0 Å². The fourth-order valence-electron chi connectivity index (χ4n) is 3.02. The van der Waals surface area contributed by atoms with Crippen LogP contribution in [-0.4, -0.2) is 20.9 Å². The van der Waals surface area contributed by atoms with E-state index in [4.69, 9.17) is 5.14 Å². The lowest BCUT2D eigenvalue weighted by Crippen LogP contribution is -2.42. The van der Waals surface area contributed by atoms with E-state index in [9.17, 15) is 13.2 Å². The largest absolute Gasteiger partial charge is 0.350 e. The van der Waals surface area contributed by atoms with Gasteiger partial charge in [0.15, 0.2) is 12.4 Å². The number of aromatic nitrogens is 1. The highest BCUT2D eigenvalue weighted by Gasteiger charge is 2.12. The highest BCUT2D eigenvalue weighted by Crippen LogP contribution is 2.21. The molecule has 2 aromatic rings. The molecule has 0 spiro atoms.